The van der Waals surface area contributed by atoms with Crippen molar-refractivity contribution >= 4 is 38.8 Å². The molecule has 1 aromatic carbocycles. The van der Waals surface area contributed by atoms with Gasteiger partial charge in [0, 0.05) is 23.5 Å². The Balaban J connectivity index is 2.11. The maximum absolute atomic E-state index is 11.8. The molecule has 0 spiro atoms. The highest BCUT2D eigenvalue weighted by Crippen LogP contribution is 2.22. The van der Waals surface area contributed by atoms with Gasteiger partial charge in [-0.05, 0) is 31.5 Å². The zero-order valence-electron chi connectivity index (χ0n) is 11.7. The average molecular weight is 339 g/mol. The van der Waals surface area contributed by atoms with Gasteiger partial charge in [0.1, 0.15) is 0 Å². The van der Waals surface area contributed by atoms with Gasteiger partial charge in [-0.25, -0.2) is 4.98 Å². The monoisotopic (exact) mass is 338 g/mol. The summed E-state index contributed by atoms with van der Waals surface area (Å²) in [6.07, 6.45) is 1.32. The summed E-state index contributed by atoms with van der Waals surface area (Å²) in [5, 5.41) is 2.95. The first-order chi connectivity index (χ1) is 9.51. The number of carbonyl (C=O) groups is 1. The van der Waals surface area contributed by atoms with Gasteiger partial charge in [-0.2, -0.15) is 0 Å². The van der Waals surface area contributed by atoms with Crippen LogP contribution in [0.5, 0.6) is 0 Å². The van der Waals surface area contributed by atoms with Crippen LogP contribution < -0.4 is 11.1 Å². The van der Waals surface area contributed by atoms with E-state index in [0.717, 1.165) is 21.9 Å². The number of amides is 1. The summed E-state index contributed by atoms with van der Waals surface area (Å²) in [5.41, 5.74) is 7.70. The topological polar surface area (TPSA) is 72.9 Å². The molecule has 1 amide bonds. The molecule has 2 rings (SSSR count). The van der Waals surface area contributed by atoms with Crippen molar-refractivity contribution in [3.8, 4) is 0 Å². The number of nitrogens with one attached hydrogen (secondary N) is 1. The number of hydrogen-bond donors (Lipinski definition) is 2. The summed E-state index contributed by atoms with van der Waals surface area (Å²) < 4.78 is 2.84. The quantitative estimate of drug-likeness (QED) is 0.880. The largest absolute Gasteiger partial charge is 0.369 e. The number of nitrogen functional groups attached to an aromatic ring is 1. The third-order valence-electron chi connectivity index (χ3n) is 3.32. The molecular formula is C14H19BrN4O. The van der Waals surface area contributed by atoms with Crippen LogP contribution in [0, 0.1) is 0 Å². The van der Waals surface area contributed by atoms with Crippen molar-refractivity contribution < 1.29 is 4.79 Å². The molecule has 1 atom stereocenters. The van der Waals surface area contributed by atoms with Gasteiger partial charge < -0.3 is 15.6 Å². The number of carbonyl (C=O) groups excluding carboxylic acids is 1. The second-order valence-electron chi connectivity index (χ2n) is 4.88. The summed E-state index contributed by atoms with van der Waals surface area (Å²) >= 11 is 3.44. The highest BCUT2D eigenvalue weighted by molar-refractivity contribution is 9.10. The first-order valence-corrected chi connectivity index (χ1v) is 7.51. The molecule has 5 nitrogen and oxygen atoms in total. The summed E-state index contributed by atoms with van der Waals surface area (Å²) in [4.78, 5) is 16.1. The van der Waals surface area contributed by atoms with Crippen LogP contribution in [-0.2, 0) is 11.3 Å². The molecule has 0 saturated heterocycles. The maximum Gasteiger partial charge on any atom is 0.222 e. The second kappa shape index (κ2) is 6.26. The minimum atomic E-state index is 0.0376. The average Bonchev–Trinajstić information content (AvgIpc) is 2.71. The van der Waals surface area contributed by atoms with Gasteiger partial charge in [0.2, 0.25) is 11.9 Å². The Hall–Kier alpha value is -1.56. The molecule has 6 heteroatoms. The lowest BCUT2D eigenvalue weighted by molar-refractivity contribution is -0.121. The lowest BCUT2D eigenvalue weighted by atomic mass is 10.2. The lowest BCUT2D eigenvalue weighted by Crippen LogP contribution is -2.32. The van der Waals surface area contributed by atoms with Crippen LogP contribution in [0.1, 0.15) is 26.7 Å². The number of anilines is 1. The predicted octanol–water partition coefficient (Wildman–Crippen LogP) is 2.69. The summed E-state index contributed by atoms with van der Waals surface area (Å²) in [6.45, 7) is 4.57. The van der Waals surface area contributed by atoms with Crippen molar-refractivity contribution in [2.24, 2.45) is 0 Å². The number of rotatable bonds is 5. The Kier molecular flexibility index (Phi) is 4.65. The molecule has 0 bridgehead atoms. The number of hydrogen-bond acceptors (Lipinski definition) is 3. The standard InChI is InChI=1S/C14H19BrN4O/c1-3-9(2)17-13(20)6-7-19-12-8-10(15)4-5-11(12)18-14(19)16/h4-5,8-9H,3,6-7H2,1-2H3,(H2,16,18)(H,17,20). The zero-order chi connectivity index (χ0) is 14.7. The minimum absolute atomic E-state index is 0.0376. The number of halogens is 1. The second-order valence-corrected chi connectivity index (χ2v) is 5.80. The SMILES string of the molecule is CCC(C)NC(=O)CCn1c(N)nc2ccc(Br)cc21. The smallest absolute Gasteiger partial charge is 0.222 e. The normalized spacial score (nSPS) is 12.6. The van der Waals surface area contributed by atoms with Crippen LogP contribution in [0.4, 0.5) is 5.95 Å². The Bertz CT molecular complexity index is 623. The molecule has 20 heavy (non-hydrogen) atoms. The van der Waals surface area contributed by atoms with Crippen LogP contribution in [0.15, 0.2) is 22.7 Å². The van der Waals surface area contributed by atoms with Gasteiger partial charge in [-0.3, -0.25) is 4.79 Å². The highest BCUT2D eigenvalue weighted by Gasteiger charge is 2.11. The minimum Gasteiger partial charge on any atom is -0.369 e. The van der Waals surface area contributed by atoms with Crippen molar-refractivity contribution in [3.63, 3.8) is 0 Å². The Labute approximate surface area is 126 Å². The first kappa shape index (κ1) is 14.8. The molecule has 0 aliphatic heterocycles. The molecule has 1 unspecified atom stereocenters. The molecule has 0 aliphatic rings. The predicted molar refractivity (Wildman–Crippen MR) is 84.4 cm³/mol. The summed E-state index contributed by atoms with van der Waals surface area (Å²) in [5.74, 6) is 0.477. The Morgan fingerprint density at radius 3 is 3.00 bits per heavy atom. The number of fused-ring (bicyclic) bond motifs is 1. The number of aryl methyl sites for hydroxylation is 1. The molecule has 0 radical (unpaired) electrons. The highest BCUT2D eigenvalue weighted by atomic mass is 79.9. The van der Waals surface area contributed by atoms with Crippen molar-refractivity contribution in [2.75, 3.05) is 5.73 Å². The van der Waals surface area contributed by atoms with Gasteiger partial charge in [-0.15, -0.1) is 0 Å². The lowest BCUT2D eigenvalue weighted by Gasteiger charge is -2.12. The van der Waals surface area contributed by atoms with E-state index < -0.39 is 0 Å². The summed E-state index contributed by atoms with van der Waals surface area (Å²) in [7, 11) is 0. The molecule has 0 saturated carbocycles. The van der Waals surface area contributed by atoms with Gasteiger partial charge >= 0.3 is 0 Å². The fourth-order valence-corrected chi connectivity index (χ4v) is 2.36. The third-order valence-corrected chi connectivity index (χ3v) is 3.82. The van der Waals surface area contributed by atoms with E-state index in [0.29, 0.717) is 18.9 Å². The molecule has 3 N–H and O–H groups in total. The van der Waals surface area contributed by atoms with Crippen LogP contribution in [0.2, 0.25) is 0 Å². The van der Waals surface area contributed by atoms with Crippen LogP contribution in [0.25, 0.3) is 11.0 Å². The Morgan fingerprint density at radius 1 is 1.55 bits per heavy atom. The van der Waals surface area contributed by atoms with E-state index in [4.69, 9.17) is 5.73 Å². The number of imidazole rings is 1. The molecule has 2 aromatic rings. The van der Waals surface area contributed by atoms with E-state index in [1.54, 1.807) is 0 Å². The maximum atomic E-state index is 11.8. The van der Waals surface area contributed by atoms with Crippen LogP contribution in [0.3, 0.4) is 0 Å². The number of nitrogens with two attached hydrogens (primary N) is 1. The van der Waals surface area contributed by atoms with Crippen molar-refractivity contribution in [2.45, 2.75) is 39.3 Å². The fraction of sp³-hybridized carbons (Fsp3) is 0.429. The first-order valence-electron chi connectivity index (χ1n) is 6.72. The molecule has 0 aliphatic carbocycles. The molecule has 108 valence electrons. The van der Waals surface area contributed by atoms with Gasteiger partial charge in [0.25, 0.3) is 0 Å². The van der Waals surface area contributed by atoms with E-state index in [2.05, 4.69) is 26.2 Å². The number of benzene rings is 1. The van der Waals surface area contributed by atoms with E-state index in [9.17, 15) is 4.79 Å². The summed E-state index contributed by atoms with van der Waals surface area (Å²) in [6, 6.07) is 6.00. The van der Waals surface area contributed by atoms with Crippen molar-refractivity contribution in [1.29, 1.82) is 0 Å². The van der Waals surface area contributed by atoms with E-state index >= 15 is 0 Å². The number of nitrogens with zero attached hydrogens (tertiary/aromatic N) is 2. The molecule has 0 fully saturated rings. The van der Waals surface area contributed by atoms with Crippen LogP contribution >= 0.6 is 15.9 Å². The fourth-order valence-electron chi connectivity index (χ4n) is 2.01. The third kappa shape index (κ3) is 3.30. The van der Waals surface area contributed by atoms with Crippen molar-refractivity contribution in [1.82, 2.24) is 14.9 Å². The van der Waals surface area contributed by atoms with E-state index in [-0.39, 0.29) is 11.9 Å². The van der Waals surface area contributed by atoms with Gasteiger partial charge in [0.05, 0.1) is 11.0 Å². The van der Waals surface area contributed by atoms with E-state index in [1.807, 2.05) is 36.6 Å². The van der Waals surface area contributed by atoms with E-state index in [1.165, 1.54) is 0 Å². The van der Waals surface area contributed by atoms with Gasteiger partial charge in [0.15, 0.2) is 0 Å². The molecular weight excluding hydrogens is 320 g/mol. The number of aromatic nitrogens is 2. The van der Waals surface area contributed by atoms with Crippen molar-refractivity contribution in [3.05, 3.63) is 22.7 Å². The zero-order valence-corrected chi connectivity index (χ0v) is 13.3. The van der Waals surface area contributed by atoms with Crippen LogP contribution in [-0.4, -0.2) is 21.5 Å². The van der Waals surface area contributed by atoms with Gasteiger partial charge in [-0.1, -0.05) is 22.9 Å². The Morgan fingerprint density at radius 2 is 2.30 bits per heavy atom. The molecule has 1 aromatic heterocycles. The molecule has 1 heterocycles.